The molecule has 0 radical (unpaired) electrons. The molecule has 21 heavy (non-hydrogen) atoms. The number of hydrogen-bond donors (Lipinski definition) is 1. The maximum atomic E-state index is 12.4. The first kappa shape index (κ1) is 14.3. The van der Waals surface area contributed by atoms with E-state index >= 15 is 0 Å². The van der Waals surface area contributed by atoms with Crippen LogP contribution in [0.5, 0.6) is 0 Å². The lowest BCUT2D eigenvalue weighted by molar-refractivity contribution is 0.0941. The third-order valence-electron chi connectivity index (χ3n) is 4.00. The molecule has 1 aromatic rings. The van der Waals surface area contributed by atoms with Gasteiger partial charge in [0.05, 0.1) is 17.1 Å². The second-order valence-electron chi connectivity index (χ2n) is 5.64. The lowest BCUT2D eigenvalue weighted by atomic mass is 10.2. The number of sulfone groups is 1. The fourth-order valence-corrected chi connectivity index (χ4v) is 4.60. The Morgan fingerprint density at radius 3 is 2.76 bits per heavy atom. The second-order valence-corrected chi connectivity index (χ2v) is 7.87. The van der Waals surface area contributed by atoms with E-state index in [1.807, 2.05) is 0 Å². The van der Waals surface area contributed by atoms with E-state index in [2.05, 4.69) is 15.2 Å². The van der Waals surface area contributed by atoms with Crippen LogP contribution in [-0.2, 0) is 9.84 Å². The molecule has 3 rings (SSSR count). The van der Waals surface area contributed by atoms with Gasteiger partial charge in [-0.2, -0.15) is 0 Å². The number of amides is 1. The van der Waals surface area contributed by atoms with Crippen LogP contribution in [0.2, 0.25) is 0 Å². The quantitative estimate of drug-likeness (QED) is 0.884. The summed E-state index contributed by atoms with van der Waals surface area (Å²) in [5, 5.41) is 2.83. The van der Waals surface area contributed by atoms with E-state index < -0.39 is 9.84 Å². The predicted octanol–water partition coefficient (Wildman–Crippen LogP) is 0.599. The van der Waals surface area contributed by atoms with Crippen LogP contribution in [0.1, 0.15) is 29.6 Å². The van der Waals surface area contributed by atoms with Gasteiger partial charge < -0.3 is 10.2 Å². The van der Waals surface area contributed by atoms with Gasteiger partial charge in [0.15, 0.2) is 9.84 Å². The van der Waals surface area contributed by atoms with Crippen LogP contribution in [0.3, 0.4) is 0 Å². The summed E-state index contributed by atoms with van der Waals surface area (Å²) in [6, 6.07) is 3.20. The number of carbonyl (C=O) groups excluding carboxylic acids is 1. The van der Waals surface area contributed by atoms with Crippen LogP contribution in [0.25, 0.3) is 0 Å². The SMILES string of the molecule is O=C(N[C@H]1CCS(=O)(=O)C1)c1cccnc1N1CCCC1. The van der Waals surface area contributed by atoms with Gasteiger partial charge in [0.1, 0.15) is 5.82 Å². The summed E-state index contributed by atoms with van der Waals surface area (Å²) in [6.07, 6.45) is 4.40. The summed E-state index contributed by atoms with van der Waals surface area (Å²) in [4.78, 5) is 18.9. The highest BCUT2D eigenvalue weighted by Crippen LogP contribution is 2.22. The van der Waals surface area contributed by atoms with Crippen molar-refractivity contribution in [3.8, 4) is 0 Å². The van der Waals surface area contributed by atoms with E-state index in [1.165, 1.54) is 0 Å². The Hall–Kier alpha value is -1.63. The van der Waals surface area contributed by atoms with Crippen molar-refractivity contribution in [2.24, 2.45) is 0 Å². The van der Waals surface area contributed by atoms with Gasteiger partial charge >= 0.3 is 0 Å². The molecule has 0 aliphatic carbocycles. The molecule has 0 bridgehead atoms. The minimum Gasteiger partial charge on any atom is -0.356 e. The van der Waals surface area contributed by atoms with Crippen molar-refractivity contribution in [2.45, 2.75) is 25.3 Å². The highest BCUT2D eigenvalue weighted by Gasteiger charge is 2.30. The number of carbonyl (C=O) groups is 1. The molecule has 0 saturated carbocycles. The highest BCUT2D eigenvalue weighted by atomic mass is 32.2. The molecule has 0 spiro atoms. The summed E-state index contributed by atoms with van der Waals surface area (Å²) in [5.74, 6) is 0.669. The molecule has 1 aromatic heterocycles. The average Bonchev–Trinajstić information content (AvgIpc) is 3.08. The number of pyridine rings is 1. The molecular weight excluding hydrogens is 290 g/mol. The minimum atomic E-state index is -2.99. The predicted molar refractivity (Wildman–Crippen MR) is 80.2 cm³/mol. The molecule has 2 fully saturated rings. The van der Waals surface area contributed by atoms with Gasteiger partial charge in [-0.15, -0.1) is 0 Å². The molecule has 1 N–H and O–H groups in total. The third-order valence-corrected chi connectivity index (χ3v) is 5.77. The normalized spacial score (nSPS) is 24.2. The zero-order chi connectivity index (χ0) is 14.9. The van der Waals surface area contributed by atoms with Crippen molar-refractivity contribution in [1.29, 1.82) is 0 Å². The van der Waals surface area contributed by atoms with Gasteiger partial charge in [-0.05, 0) is 31.4 Å². The molecule has 3 heterocycles. The van der Waals surface area contributed by atoms with Gasteiger partial charge in [-0.1, -0.05) is 0 Å². The molecule has 2 saturated heterocycles. The van der Waals surface area contributed by atoms with E-state index in [0.29, 0.717) is 17.8 Å². The molecule has 2 aliphatic rings. The highest BCUT2D eigenvalue weighted by molar-refractivity contribution is 7.91. The molecular formula is C14H19N3O3S. The van der Waals surface area contributed by atoms with Crippen LogP contribution in [0.4, 0.5) is 5.82 Å². The van der Waals surface area contributed by atoms with Crippen molar-refractivity contribution < 1.29 is 13.2 Å². The van der Waals surface area contributed by atoms with Crippen molar-refractivity contribution in [3.05, 3.63) is 23.9 Å². The molecule has 2 aliphatic heterocycles. The van der Waals surface area contributed by atoms with E-state index in [-0.39, 0.29) is 23.5 Å². The van der Waals surface area contributed by atoms with Crippen LogP contribution >= 0.6 is 0 Å². The summed E-state index contributed by atoms with van der Waals surface area (Å²) < 4.78 is 22.9. The number of anilines is 1. The maximum absolute atomic E-state index is 12.4. The van der Waals surface area contributed by atoms with Gasteiger partial charge in [0.25, 0.3) is 5.91 Å². The fraction of sp³-hybridized carbons (Fsp3) is 0.571. The van der Waals surface area contributed by atoms with E-state index in [4.69, 9.17) is 0 Å². The number of nitrogens with zero attached hydrogens (tertiary/aromatic N) is 2. The summed E-state index contributed by atoms with van der Waals surface area (Å²) in [7, 11) is -2.99. The smallest absolute Gasteiger partial charge is 0.255 e. The Kier molecular flexibility index (Phi) is 3.84. The number of rotatable bonds is 3. The molecule has 114 valence electrons. The first-order valence-corrected chi connectivity index (χ1v) is 9.08. The summed E-state index contributed by atoms with van der Waals surface area (Å²) >= 11 is 0. The lowest BCUT2D eigenvalue weighted by Crippen LogP contribution is -2.36. The molecule has 1 amide bonds. The largest absolute Gasteiger partial charge is 0.356 e. The van der Waals surface area contributed by atoms with E-state index in [1.54, 1.807) is 18.3 Å². The number of hydrogen-bond acceptors (Lipinski definition) is 5. The summed E-state index contributed by atoms with van der Waals surface area (Å²) in [6.45, 7) is 1.82. The Morgan fingerprint density at radius 2 is 2.10 bits per heavy atom. The number of aromatic nitrogens is 1. The fourth-order valence-electron chi connectivity index (χ4n) is 2.93. The van der Waals surface area contributed by atoms with Crippen molar-refractivity contribution >= 4 is 21.6 Å². The number of nitrogens with one attached hydrogen (secondary N) is 1. The van der Waals surface area contributed by atoms with Crippen LogP contribution in [-0.4, -0.2) is 49.9 Å². The van der Waals surface area contributed by atoms with Crippen molar-refractivity contribution in [2.75, 3.05) is 29.5 Å². The van der Waals surface area contributed by atoms with Gasteiger partial charge in [0, 0.05) is 25.3 Å². The van der Waals surface area contributed by atoms with Gasteiger partial charge in [0.2, 0.25) is 0 Å². The average molecular weight is 309 g/mol. The second kappa shape index (κ2) is 5.63. The topological polar surface area (TPSA) is 79.4 Å². The molecule has 1 atom stereocenters. The Morgan fingerprint density at radius 1 is 1.33 bits per heavy atom. The minimum absolute atomic E-state index is 0.0397. The zero-order valence-corrected chi connectivity index (χ0v) is 12.6. The third kappa shape index (κ3) is 3.18. The molecule has 0 aromatic carbocycles. The van der Waals surface area contributed by atoms with Crippen molar-refractivity contribution in [1.82, 2.24) is 10.3 Å². The molecule has 7 heteroatoms. The van der Waals surface area contributed by atoms with Crippen LogP contribution in [0.15, 0.2) is 18.3 Å². The molecule has 6 nitrogen and oxygen atoms in total. The Bertz CT molecular complexity index is 639. The van der Waals surface area contributed by atoms with Gasteiger partial charge in [-0.3, -0.25) is 4.79 Å². The lowest BCUT2D eigenvalue weighted by Gasteiger charge is -2.20. The van der Waals surface area contributed by atoms with E-state index in [9.17, 15) is 13.2 Å². The summed E-state index contributed by atoms with van der Waals surface area (Å²) in [5.41, 5.74) is 0.531. The van der Waals surface area contributed by atoms with E-state index in [0.717, 1.165) is 25.9 Å². The Balaban J connectivity index is 1.75. The van der Waals surface area contributed by atoms with Crippen LogP contribution in [0, 0.1) is 0 Å². The molecule has 0 unspecified atom stereocenters. The zero-order valence-electron chi connectivity index (χ0n) is 11.8. The standard InChI is InChI=1S/C14H19N3O3S/c18-14(16-11-5-9-21(19,20)10-11)12-4-3-6-15-13(12)17-7-1-2-8-17/h3-4,6,11H,1-2,5,7-10H2,(H,16,18)/t11-/m0/s1. The van der Waals surface area contributed by atoms with Gasteiger partial charge in [-0.25, -0.2) is 13.4 Å². The van der Waals surface area contributed by atoms with Crippen molar-refractivity contribution in [3.63, 3.8) is 0 Å². The van der Waals surface area contributed by atoms with Crippen LogP contribution < -0.4 is 10.2 Å². The Labute approximate surface area is 124 Å². The first-order valence-electron chi connectivity index (χ1n) is 7.26. The maximum Gasteiger partial charge on any atom is 0.255 e. The first-order chi connectivity index (χ1) is 10.1. The monoisotopic (exact) mass is 309 g/mol.